The predicted molar refractivity (Wildman–Crippen MR) is 67.2 cm³/mol. The minimum absolute atomic E-state index is 0.183. The molecular formula is C13H20N2O3. The molecule has 5 nitrogen and oxygen atoms in total. The molecule has 0 aromatic rings. The van der Waals surface area contributed by atoms with Gasteiger partial charge in [0.05, 0.1) is 0 Å². The SMILES string of the molecule is O=C(O)C=CC(=O)N1CCC(N2CCCCC2)C1. The molecule has 18 heavy (non-hydrogen) atoms. The molecule has 0 aromatic heterocycles. The van der Waals surface area contributed by atoms with Crippen LogP contribution in [0, 0.1) is 0 Å². The van der Waals surface area contributed by atoms with Gasteiger partial charge in [-0.15, -0.1) is 0 Å². The van der Waals surface area contributed by atoms with E-state index in [2.05, 4.69) is 4.90 Å². The predicted octanol–water partition coefficient (Wildman–Crippen LogP) is 0.714. The molecule has 2 rings (SSSR count). The number of piperidine rings is 1. The summed E-state index contributed by atoms with van der Waals surface area (Å²) in [7, 11) is 0. The van der Waals surface area contributed by atoms with E-state index < -0.39 is 5.97 Å². The third-order valence-electron chi connectivity index (χ3n) is 3.75. The van der Waals surface area contributed by atoms with Gasteiger partial charge in [0.15, 0.2) is 0 Å². The normalized spacial score (nSPS) is 25.8. The Morgan fingerprint density at radius 1 is 1.06 bits per heavy atom. The Labute approximate surface area is 107 Å². The number of amides is 1. The third-order valence-corrected chi connectivity index (χ3v) is 3.75. The van der Waals surface area contributed by atoms with Crippen LogP contribution in [0.15, 0.2) is 12.2 Å². The lowest BCUT2D eigenvalue weighted by molar-refractivity contribution is -0.132. The minimum Gasteiger partial charge on any atom is -0.478 e. The molecule has 1 unspecified atom stereocenters. The summed E-state index contributed by atoms with van der Waals surface area (Å²) >= 11 is 0. The highest BCUT2D eigenvalue weighted by molar-refractivity contribution is 5.94. The Morgan fingerprint density at radius 3 is 2.44 bits per heavy atom. The van der Waals surface area contributed by atoms with Gasteiger partial charge >= 0.3 is 5.97 Å². The van der Waals surface area contributed by atoms with Crippen LogP contribution in [0.4, 0.5) is 0 Å². The van der Waals surface area contributed by atoms with Crippen LogP contribution in [0.5, 0.6) is 0 Å². The zero-order chi connectivity index (χ0) is 13.0. The number of hydrogen-bond acceptors (Lipinski definition) is 3. The second-order valence-electron chi connectivity index (χ2n) is 4.99. The first-order valence-corrected chi connectivity index (χ1v) is 6.61. The largest absolute Gasteiger partial charge is 0.478 e. The van der Waals surface area contributed by atoms with Gasteiger partial charge in [0.1, 0.15) is 0 Å². The molecule has 100 valence electrons. The molecule has 0 aliphatic carbocycles. The molecule has 2 heterocycles. The summed E-state index contributed by atoms with van der Waals surface area (Å²) in [4.78, 5) is 26.3. The lowest BCUT2D eigenvalue weighted by atomic mass is 10.1. The fourth-order valence-electron chi connectivity index (χ4n) is 2.77. The second-order valence-corrected chi connectivity index (χ2v) is 4.99. The quantitative estimate of drug-likeness (QED) is 0.752. The van der Waals surface area contributed by atoms with Crippen molar-refractivity contribution in [2.24, 2.45) is 0 Å². The zero-order valence-corrected chi connectivity index (χ0v) is 10.5. The van der Waals surface area contributed by atoms with E-state index in [1.165, 1.54) is 19.3 Å². The number of carboxylic acid groups (broad SMARTS) is 1. The fourth-order valence-corrected chi connectivity index (χ4v) is 2.77. The topological polar surface area (TPSA) is 60.9 Å². The van der Waals surface area contributed by atoms with Crippen LogP contribution in [0.1, 0.15) is 25.7 Å². The average molecular weight is 252 g/mol. The Bertz CT molecular complexity index is 348. The molecule has 2 aliphatic heterocycles. The summed E-state index contributed by atoms with van der Waals surface area (Å²) in [5, 5.41) is 8.50. The highest BCUT2D eigenvalue weighted by Crippen LogP contribution is 2.20. The van der Waals surface area contributed by atoms with E-state index in [1.54, 1.807) is 4.90 Å². The number of carboxylic acids is 1. The Morgan fingerprint density at radius 2 is 1.78 bits per heavy atom. The standard InChI is InChI=1S/C13H20N2O3/c16-12(4-5-13(17)18)15-9-6-11(10-15)14-7-2-1-3-8-14/h4-5,11H,1-3,6-10H2,(H,17,18). The van der Waals surface area contributed by atoms with Crippen molar-refractivity contribution in [2.75, 3.05) is 26.2 Å². The lowest BCUT2D eigenvalue weighted by Gasteiger charge is -2.32. The van der Waals surface area contributed by atoms with E-state index in [-0.39, 0.29) is 5.91 Å². The molecule has 2 fully saturated rings. The molecule has 1 N–H and O–H groups in total. The van der Waals surface area contributed by atoms with Crippen LogP contribution in [-0.4, -0.2) is 59.0 Å². The summed E-state index contributed by atoms with van der Waals surface area (Å²) in [6.07, 6.45) is 6.89. The van der Waals surface area contributed by atoms with E-state index in [4.69, 9.17) is 5.11 Å². The van der Waals surface area contributed by atoms with Crippen molar-refractivity contribution >= 4 is 11.9 Å². The van der Waals surface area contributed by atoms with Gasteiger partial charge in [0.2, 0.25) is 5.91 Å². The molecule has 0 radical (unpaired) electrons. The van der Waals surface area contributed by atoms with Crippen molar-refractivity contribution in [3.63, 3.8) is 0 Å². The maximum absolute atomic E-state index is 11.7. The van der Waals surface area contributed by atoms with E-state index in [0.717, 1.165) is 44.8 Å². The highest BCUT2D eigenvalue weighted by Gasteiger charge is 2.29. The van der Waals surface area contributed by atoms with Crippen molar-refractivity contribution < 1.29 is 14.7 Å². The van der Waals surface area contributed by atoms with Gasteiger partial charge in [-0.1, -0.05) is 6.42 Å². The van der Waals surface area contributed by atoms with Gasteiger partial charge in [0.25, 0.3) is 0 Å². The monoisotopic (exact) mass is 252 g/mol. The summed E-state index contributed by atoms with van der Waals surface area (Å²) in [5.74, 6) is -1.26. The van der Waals surface area contributed by atoms with E-state index in [1.807, 2.05) is 0 Å². The third kappa shape index (κ3) is 3.32. The van der Waals surface area contributed by atoms with E-state index in [0.29, 0.717) is 6.04 Å². The van der Waals surface area contributed by atoms with Crippen molar-refractivity contribution in [3.05, 3.63) is 12.2 Å². The van der Waals surface area contributed by atoms with Crippen molar-refractivity contribution in [3.8, 4) is 0 Å². The number of carbonyl (C=O) groups excluding carboxylic acids is 1. The molecule has 0 bridgehead atoms. The van der Waals surface area contributed by atoms with Crippen LogP contribution in [-0.2, 0) is 9.59 Å². The van der Waals surface area contributed by atoms with Gasteiger partial charge in [-0.05, 0) is 32.4 Å². The Balaban J connectivity index is 1.83. The number of likely N-dealkylation sites (tertiary alicyclic amines) is 2. The first-order valence-electron chi connectivity index (χ1n) is 6.61. The summed E-state index contributed by atoms with van der Waals surface area (Å²) in [6, 6.07) is 0.465. The maximum atomic E-state index is 11.7. The van der Waals surface area contributed by atoms with Crippen LogP contribution >= 0.6 is 0 Å². The highest BCUT2D eigenvalue weighted by atomic mass is 16.4. The first-order chi connectivity index (χ1) is 8.66. The first kappa shape index (κ1) is 13.1. The molecule has 0 saturated carbocycles. The number of aliphatic carboxylic acids is 1. The van der Waals surface area contributed by atoms with Gasteiger partial charge in [-0.2, -0.15) is 0 Å². The molecule has 1 atom stereocenters. The summed E-state index contributed by atoms with van der Waals surface area (Å²) in [5.41, 5.74) is 0. The van der Waals surface area contributed by atoms with Gasteiger partial charge in [-0.25, -0.2) is 4.79 Å². The number of rotatable bonds is 3. The average Bonchev–Trinajstić information content (AvgIpc) is 2.86. The zero-order valence-electron chi connectivity index (χ0n) is 10.5. The molecule has 0 aromatic carbocycles. The molecule has 5 heteroatoms. The van der Waals surface area contributed by atoms with Crippen LogP contribution < -0.4 is 0 Å². The maximum Gasteiger partial charge on any atom is 0.328 e. The van der Waals surface area contributed by atoms with Crippen molar-refractivity contribution in [1.82, 2.24) is 9.80 Å². The lowest BCUT2D eigenvalue weighted by Crippen LogP contribution is -2.41. The van der Waals surface area contributed by atoms with Crippen LogP contribution in [0.3, 0.4) is 0 Å². The number of nitrogens with zero attached hydrogens (tertiary/aromatic N) is 2. The molecule has 2 aliphatic rings. The van der Waals surface area contributed by atoms with Crippen LogP contribution in [0.2, 0.25) is 0 Å². The van der Waals surface area contributed by atoms with Crippen molar-refractivity contribution in [1.29, 1.82) is 0 Å². The number of hydrogen-bond donors (Lipinski definition) is 1. The Hall–Kier alpha value is -1.36. The van der Waals surface area contributed by atoms with E-state index >= 15 is 0 Å². The van der Waals surface area contributed by atoms with Gasteiger partial charge < -0.3 is 10.0 Å². The number of carbonyl (C=O) groups is 2. The van der Waals surface area contributed by atoms with Gasteiger partial charge in [-0.3, -0.25) is 9.69 Å². The molecule has 1 amide bonds. The fraction of sp³-hybridized carbons (Fsp3) is 0.692. The summed E-state index contributed by atoms with van der Waals surface area (Å²) in [6.45, 7) is 3.75. The molecule has 0 spiro atoms. The van der Waals surface area contributed by atoms with Crippen LogP contribution in [0.25, 0.3) is 0 Å². The van der Waals surface area contributed by atoms with Crippen molar-refractivity contribution in [2.45, 2.75) is 31.7 Å². The minimum atomic E-state index is -1.07. The van der Waals surface area contributed by atoms with Gasteiger partial charge in [0, 0.05) is 31.3 Å². The Kier molecular flexibility index (Phi) is 4.36. The van der Waals surface area contributed by atoms with E-state index in [9.17, 15) is 9.59 Å². The smallest absolute Gasteiger partial charge is 0.328 e. The molecule has 2 saturated heterocycles. The summed E-state index contributed by atoms with van der Waals surface area (Å²) < 4.78 is 0. The molecular weight excluding hydrogens is 232 g/mol. The second kappa shape index (κ2) is 6.00.